The van der Waals surface area contributed by atoms with Crippen LogP contribution in [-0.2, 0) is 24.9 Å². The average Bonchev–Trinajstić information content (AvgIpc) is 3.02. The molecule has 7 heteroatoms. The first-order chi connectivity index (χ1) is 12.1. The Bertz CT molecular complexity index is 705. The Hall–Kier alpha value is -2.83. The molecule has 0 atom stereocenters. The van der Waals surface area contributed by atoms with E-state index in [9.17, 15) is 4.79 Å². The van der Waals surface area contributed by atoms with Crippen molar-refractivity contribution in [3.8, 4) is 0 Å². The first-order valence-corrected chi connectivity index (χ1v) is 8.42. The maximum Gasteiger partial charge on any atom is 0.224 e. The maximum absolute atomic E-state index is 11.6. The number of carbonyl (C=O) groups is 1. The largest absolute Gasteiger partial charge is 0.352 e. The molecule has 1 amide bonds. The standard InChI is InChI=1S/C18H26N6O/c1-4-5-17(25)23-15-8-6-14(7-9-15)12-20-18(19-2)21-13-16-10-11-22-24(16)3/h6-11H,4-5,12-13H2,1-3H3,(H,23,25)(H2,19,20,21). The Morgan fingerprint density at radius 2 is 1.88 bits per heavy atom. The summed E-state index contributed by atoms with van der Waals surface area (Å²) in [5, 5.41) is 13.5. The molecule has 0 fully saturated rings. The van der Waals surface area contributed by atoms with Crippen molar-refractivity contribution in [2.45, 2.75) is 32.9 Å². The Labute approximate surface area is 148 Å². The van der Waals surface area contributed by atoms with Crippen LogP contribution in [0.5, 0.6) is 0 Å². The average molecular weight is 342 g/mol. The summed E-state index contributed by atoms with van der Waals surface area (Å²) in [6.45, 7) is 3.29. The summed E-state index contributed by atoms with van der Waals surface area (Å²) in [5.74, 6) is 0.773. The molecule has 1 heterocycles. The van der Waals surface area contributed by atoms with Gasteiger partial charge in [0.05, 0.1) is 12.2 Å². The fraction of sp³-hybridized carbons (Fsp3) is 0.389. The second-order valence-electron chi connectivity index (χ2n) is 5.72. The normalized spacial score (nSPS) is 11.2. The van der Waals surface area contributed by atoms with Crippen LogP contribution in [0.2, 0.25) is 0 Å². The van der Waals surface area contributed by atoms with Crippen molar-refractivity contribution in [2.75, 3.05) is 12.4 Å². The third-order valence-electron chi connectivity index (χ3n) is 3.76. The quantitative estimate of drug-likeness (QED) is 0.531. The van der Waals surface area contributed by atoms with Crippen LogP contribution in [0.1, 0.15) is 31.0 Å². The number of nitrogens with one attached hydrogen (secondary N) is 3. The highest BCUT2D eigenvalue weighted by molar-refractivity contribution is 5.90. The highest BCUT2D eigenvalue weighted by Crippen LogP contribution is 2.10. The summed E-state index contributed by atoms with van der Waals surface area (Å²) >= 11 is 0. The molecule has 0 aliphatic heterocycles. The summed E-state index contributed by atoms with van der Waals surface area (Å²) in [6, 6.07) is 9.77. The molecule has 0 spiro atoms. The van der Waals surface area contributed by atoms with Gasteiger partial charge in [0.15, 0.2) is 5.96 Å². The number of hydrogen-bond acceptors (Lipinski definition) is 3. The van der Waals surface area contributed by atoms with E-state index in [4.69, 9.17) is 0 Å². The smallest absolute Gasteiger partial charge is 0.224 e. The first kappa shape index (κ1) is 18.5. The fourth-order valence-electron chi connectivity index (χ4n) is 2.31. The van der Waals surface area contributed by atoms with Gasteiger partial charge in [-0.05, 0) is 30.2 Å². The number of anilines is 1. The molecular formula is C18H26N6O. The second kappa shape index (κ2) is 9.46. The van der Waals surface area contributed by atoms with Gasteiger partial charge in [0, 0.05) is 38.9 Å². The van der Waals surface area contributed by atoms with E-state index in [0.717, 1.165) is 29.3 Å². The first-order valence-electron chi connectivity index (χ1n) is 8.42. The zero-order valence-electron chi connectivity index (χ0n) is 15.0. The molecular weight excluding hydrogens is 316 g/mol. The van der Waals surface area contributed by atoms with Gasteiger partial charge in [-0.25, -0.2) is 0 Å². The van der Waals surface area contributed by atoms with E-state index < -0.39 is 0 Å². The van der Waals surface area contributed by atoms with Crippen molar-refractivity contribution in [3.63, 3.8) is 0 Å². The number of rotatable bonds is 7. The van der Waals surface area contributed by atoms with Crippen LogP contribution in [0.25, 0.3) is 0 Å². The van der Waals surface area contributed by atoms with E-state index in [1.54, 1.807) is 13.2 Å². The molecule has 25 heavy (non-hydrogen) atoms. The SMILES string of the molecule is CCCC(=O)Nc1ccc(CNC(=NC)NCc2ccnn2C)cc1. The summed E-state index contributed by atoms with van der Waals surface area (Å²) in [6.07, 6.45) is 3.16. The van der Waals surface area contributed by atoms with Crippen molar-refractivity contribution in [3.05, 3.63) is 47.8 Å². The van der Waals surface area contributed by atoms with Crippen LogP contribution in [0.15, 0.2) is 41.5 Å². The molecule has 2 aromatic rings. The molecule has 0 saturated carbocycles. The molecule has 7 nitrogen and oxygen atoms in total. The molecule has 2 rings (SSSR count). The highest BCUT2D eigenvalue weighted by atomic mass is 16.1. The van der Waals surface area contributed by atoms with Crippen LogP contribution in [0, 0.1) is 0 Å². The number of aryl methyl sites for hydroxylation is 1. The number of guanidine groups is 1. The zero-order chi connectivity index (χ0) is 18.1. The summed E-state index contributed by atoms with van der Waals surface area (Å²) < 4.78 is 1.83. The van der Waals surface area contributed by atoms with Crippen LogP contribution < -0.4 is 16.0 Å². The third kappa shape index (κ3) is 5.95. The van der Waals surface area contributed by atoms with Gasteiger partial charge in [0.1, 0.15) is 0 Å². The van der Waals surface area contributed by atoms with Gasteiger partial charge in [0.2, 0.25) is 5.91 Å². The topological polar surface area (TPSA) is 83.3 Å². The molecule has 0 aliphatic rings. The van der Waals surface area contributed by atoms with Crippen molar-refractivity contribution in [1.82, 2.24) is 20.4 Å². The van der Waals surface area contributed by atoms with Crippen LogP contribution in [-0.4, -0.2) is 28.7 Å². The lowest BCUT2D eigenvalue weighted by Crippen LogP contribution is -2.36. The molecule has 3 N–H and O–H groups in total. The Balaban J connectivity index is 1.81. The van der Waals surface area contributed by atoms with E-state index in [0.29, 0.717) is 19.5 Å². The van der Waals surface area contributed by atoms with Crippen molar-refractivity contribution in [1.29, 1.82) is 0 Å². The lowest BCUT2D eigenvalue weighted by atomic mass is 10.2. The summed E-state index contributed by atoms with van der Waals surface area (Å²) in [7, 11) is 3.65. The van der Waals surface area contributed by atoms with Crippen LogP contribution in [0.3, 0.4) is 0 Å². The third-order valence-corrected chi connectivity index (χ3v) is 3.76. The summed E-state index contributed by atoms with van der Waals surface area (Å²) in [5.41, 5.74) is 3.01. The van der Waals surface area contributed by atoms with E-state index in [2.05, 4.69) is 26.0 Å². The minimum absolute atomic E-state index is 0.0492. The second-order valence-corrected chi connectivity index (χ2v) is 5.72. The number of aromatic nitrogens is 2. The van der Waals surface area contributed by atoms with Crippen molar-refractivity contribution < 1.29 is 4.79 Å². The molecule has 0 radical (unpaired) electrons. The summed E-state index contributed by atoms with van der Waals surface area (Å²) in [4.78, 5) is 15.8. The van der Waals surface area contributed by atoms with E-state index in [1.807, 2.05) is 49.0 Å². The zero-order valence-corrected chi connectivity index (χ0v) is 15.0. The number of amides is 1. The minimum atomic E-state index is 0.0492. The van der Waals surface area contributed by atoms with Gasteiger partial charge < -0.3 is 16.0 Å². The highest BCUT2D eigenvalue weighted by Gasteiger charge is 2.03. The number of hydrogen-bond donors (Lipinski definition) is 3. The Morgan fingerprint density at radius 1 is 1.16 bits per heavy atom. The Kier molecular flexibility index (Phi) is 7.00. The lowest BCUT2D eigenvalue weighted by molar-refractivity contribution is -0.116. The number of aliphatic imine (C=N–C) groups is 1. The lowest BCUT2D eigenvalue weighted by Gasteiger charge is -2.12. The molecule has 0 aliphatic carbocycles. The molecule has 0 bridgehead atoms. The predicted octanol–water partition coefficient (Wildman–Crippen LogP) is 2.02. The van der Waals surface area contributed by atoms with Gasteiger partial charge in [-0.15, -0.1) is 0 Å². The van der Waals surface area contributed by atoms with Crippen molar-refractivity contribution >= 4 is 17.6 Å². The minimum Gasteiger partial charge on any atom is -0.352 e. The van der Waals surface area contributed by atoms with Gasteiger partial charge in [-0.1, -0.05) is 19.1 Å². The number of carbonyl (C=O) groups excluding carboxylic acids is 1. The monoisotopic (exact) mass is 342 g/mol. The number of benzene rings is 1. The van der Waals surface area contributed by atoms with E-state index in [-0.39, 0.29) is 5.91 Å². The Morgan fingerprint density at radius 3 is 2.48 bits per heavy atom. The molecule has 1 aromatic heterocycles. The van der Waals surface area contributed by atoms with Crippen LogP contribution in [0.4, 0.5) is 5.69 Å². The van der Waals surface area contributed by atoms with E-state index >= 15 is 0 Å². The maximum atomic E-state index is 11.6. The van der Waals surface area contributed by atoms with Gasteiger partial charge >= 0.3 is 0 Å². The molecule has 134 valence electrons. The number of nitrogens with zero attached hydrogens (tertiary/aromatic N) is 3. The van der Waals surface area contributed by atoms with E-state index in [1.165, 1.54) is 0 Å². The van der Waals surface area contributed by atoms with Crippen LogP contribution >= 0.6 is 0 Å². The molecule has 0 unspecified atom stereocenters. The predicted molar refractivity (Wildman–Crippen MR) is 100 cm³/mol. The van der Waals surface area contributed by atoms with Gasteiger partial charge in [-0.3, -0.25) is 14.5 Å². The van der Waals surface area contributed by atoms with Gasteiger partial charge in [-0.2, -0.15) is 5.10 Å². The van der Waals surface area contributed by atoms with Crippen molar-refractivity contribution in [2.24, 2.45) is 12.0 Å². The molecule has 0 saturated heterocycles. The molecule has 1 aromatic carbocycles. The fourth-order valence-corrected chi connectivity index (χ4v) is 2.31. The van der Waals surface area contributed by atoms with Gasteiger partial charge in [0.25, 0.3) is 0 Å².